The van der Waals surface area contributed by atoms with Crippen LogP contribution in [0, 0.1) is 10.1 Å². The van der Waals surface area contributed by atoms with E-state index in [4.69, 9.17) is 0 Å². The molecule has 0 aliphatic heterocycles. The zero-order valence-electron chi connectivity index (χ0n) is 10.1. The third-order valence-corrected chi connectivity index (χ3v) is 3.19. The lowest BCUT2D eigenvalue weighted by atomic mass is 10.3. The first-order valence-corrected chi connectivity index (χ1v) is 6.51. The molecule has 1 heterocycles. The number of nitrogens with zero attached hydrogens (tertiary/aromatic N) is 3. The second-order valence-electron chi connectivity index (χ2n) is 3.76. The van der Waals surface area contributed by atoms with Gasteiger partial charge in [-0.2, -0.15) is 18.3 Å². The molecule has 106 valence electrons. The smallest absolute Gasteiger partial charge is 0.258 e. The fraction of sp³-hybridized carbons (Fsp3) is 0.182. The molecule has 1 aromatic heterocycles. The molecule has 0 unspecified atom stereocenters. The van der Waals surface area contributed by atoms with E-state index in [9.17, 15) is 23.3 Å². The number of benzene rings is 1. The van der Waals surface area contributed by atoms with Crippen LogP contribution in [0.5, 0.6) is 0 Å². The Morgan fingerprint density at radius 1 is 1.30 bits per heavy atom. The molecule has 0 atom stereocenters. The van der Waals surface area contributed by atoms with E-state index in [0.717, 1.165) is 22.5 Å². The van der Waals surface area contributed by atoms with Gasteiger partial charge in [0.15, 0.2) is 5.69 Å². The molecule has 0 N–H and O–H groups in total. The minimum absolute atomic E-state index is 0.136. The number of alkyl halides is 3. The lowest BCUT2D eigenvalue weighted by Gasteiger charge is -2.05. The van der Waals surface area contributed by atoms with Crippen molar-refractivity contribution in [3.63, 3.8) is 0 Å². The molecule has 0 bridgehead atoms. The molecule has 0 aliphatic carbocycles. The number of thioether (sulfide) groups is 1. The molecule has 0 radical (unpaired) electrons. The highest BCUT2D eigenvalue weighted by Gasteiger charge is 2.35. The van der Waals surface area contributed by atoms with Crippen molar-refractivity contribution < 1.29 is 18.1 Å². The molecular weight excluding hydrogens is 295 g/mol. The Balaban J connectivity index is 2.46. The van der Waals surface area contributed by atoms with Crippen LogP contribution in [-0.2, 0) is 6.18 Å². The van der Waals surface area contributed by atoms with E-state index >= 15 is 0 Å². The summed E-state index contributed by atoms with van der Waals surface area (Å²) in [4.78, 5) is 9.96. The Morgan fingerprint density at radius 2 is 1.90 bits per heavy atom. The number of nitro benzene ring substituents is 1. The highest BCUT2D eigenvalue weighted by atomic mass is 32.2. The molecule has 1 aromatic carbocycles. The minimum Gasteiger partial charge on any atom is -0.258 e. The van der Waals surface area contributed by atoms with Crippen LogP contribution in [0.25, 0.3) is 5.69 Å². The van der Waals surface area contributed by atoms with Gasteiger partial charge in [-0.05, 0) is 18.4 Å². The SMILES string of the molecule is CSc1cc(C(F)(F)F)nn1-c1ccc([N+](=O)[O-])cc1. The molecule has 0 fully saturated rings. The summed E-state index contributed by atoms with van der Waals surface area (Å²) in [6, 6.07) is 6.07. The summed E-state index contributed by atoms with van der Waals surface area (Å²) in [6.45, 7) is 0. The van der Waals surface area contributed by atoms with E-state index < -0.39 is 16.8 Å². The van der Waals surface area contributed by atoms with Gasteiger partial charge in [-0.15, -0.1) is 11.8 Å². The Morgan fingerprint density at radius 3 is 2.35 bits per heavy atom. The van der Waals surface area contributed by atoms with Gasteiger partial charge < -0.3 is 0 Å². The maximum atomic E-state index is 12.6. The van der Waals surface area contributed by atoms with Gasteiger partial charge in [0.25, 0.3) is 5.69 Å². The Kier molecular flexibility index (Phi) is 3.71. The highest BCUT2D eigenvalue weighted by molar-refractivity contribution is 7.98. The average Bonchev–Trinajstić information content (AvgIpc) is 2.82. The summed E-state index contributed by atoms with van der Waals surface area (Å²) in [5, 5.41) is 14.3. The number of rotatable bonds is 3. The zero-order chi connectivity index (χ0) is 14.9. The third kappa shape index (κ3) is 2.77. The molecule has 9 heteroatoms. The van der Waals surface area contributed by atoms with Crippen molar-refractivity contribution in [2.24, 2.45) is 0 Å². The largest absolute Gasteiger partial charge is 0.435 e. The zero-order valence-corrected chi connectivity index (χ0v) is 10.9. The first-order chi connectivity index (χ1) is 9.32. The molecule has 0 saturated heterocycles. The van der Waals surface area contributed by atoms with Crippen LogP contribution in [0.2, 0.25) is 0 Å². The lowest BCUT2D eigenvalue weighted by Crippen LogP contribution is -2.07. The van der Waals surface area contributed by atoms with Crippen molar-refractivity contribution >= 4 is 17.4 Å². The summed E-state index contributed by atoms with van der Waals surface area (Å²) in [7, 11) is 0. The molecule has 2 aromatic rings. The Labute approximate surface area is 115 Å². The van der Waals surface area contributed by atoms with Crippen LogP contribution in [-0.4, -0.2) is 21.0 Å². The van der Waals surface area contributed by atoms with Gasteiger partial charge in [0.05, 0.1) is 10.6 Å². The molecule has 2 rings (SSSR count). The second-order valence-corrected chi connectivity index (χ2v) is 4.58. The van der Waals surface area contributed by atoms with Crippen LogP contribution in [0.4, 0.5) is 18.9 Å². The fourth-order valence-corrected chi connectivity index (χ4v) is 2.10. The number of nitro groups is 1. The van der Waals surface area contributed by atoms with E-state index in [-0.39, 0.29) is 5.69 Å². The molecule has 0 spiro atoms. The van der Waals surface area contributed by atoms with Crippen molar-refractivity contribution in [3.8, 4) is 5.69 Å². The number of aromatic nitrogens is 2. The van der Waals surface area contributed by atoms with E-state index in [2.05, 4.69) is 5.10 Å². The molecule has 0 saturated carbocycles. The van der Waals surface area contributed by atoms with Crippen LogP contribution in [0.1, 0.15) is 5.69 Å². The molecule has 0 amide bonds. The molecule has 5 nitrogen and oxygen atoms in total. The van der Waals surface area contributed by atoms with Crippen molar-refractivity contribution in [3.05, 3.63) is 46.1 Å². The van der Waals surface area contributed by atoms with Gasteiger partial charge in [0.2, 0.25) is 0 Å². The topological polar surface area (TPSA) is 61.0 Å². The summed E-state index contributed by atoms with van der Waals surface area (Å²) in [5.41, 5.74) is -0.807. The van der Waals surface area contributed by atoms with Gasteiger partial charge in [-0.1, -0.05) is 0 Å². The summed E-state index contributed by atoms with van der Waals surface area (Å²) in [6.07, 6.45) is -2.91. The second kappa shape index (κ2) is 5.16. The number of halogens is 3. The first kappa shape index (κ1) is 14.4. The average molecular weight is 303 g/mol. The van der Waals surface area contributed by atoms with Crippen LogP contribution in [0.15, 0.2) is 35.4 Å². The summed E-state index contributed by atoms with van der Waals surface area (Å²) < 4.78 is 39.0. The van der Waals surface area contributed by atoms with E-state index in [1.54, 1.807) is 6.26 Å². The molecule has 0 aliphatic rings. The van der Waals surface area contributed by atoms with Gasteiger partial charge in [-0.25, -0.2) is 4.68 Å². The highest BCUT2D eigenvalue weighted by Crippen LogP contribution is 2.32. The van der Waals surface area contributed by atoms with Gasteiger partial charge in [0.1, 0.15) is 5.03 Å². The van der Waals surface area contributed by atoms with Crippen molar-refractivity contribution in [1.29, 1.82) is 0 Å². The van der Waals surface area contributed by atoms with E-state index in [0.29, 0.717) is 10.7 Å². The lowest BCUT2D eigenvalue weighted by molar-refractivity contribution is -0.384. The van der Waals surface area contributed by atoms with Crippen molar-refractivity contribution in [2.75, 3.05) is 6.26 Å². The summed E-state index contributed by atoms with van der Waals surface area (Å²) in [5.74, 6) is 0. The van der Waals surface area contributed by atoms with Gasteiger partial charge >= 0.3 is 6.18 Å². The quantitative estimate of drug-likeness (QED) is 0.494. The van der Waals surface area contributed by atoms with Crippen molar-refractivity contribution in [1.82, 2.24) is 9.78 Å². The predicted molar refractivity (Wildman–Crippen MR) is 67.0 cm³/mol. The molecule has 20 heavy (non-hydrogen) atoms. The Bertz CT molecular complexity index is 637. The third-order valence-electron chi connectivity index (χ3n) is 2.48. The first-order valence-electron chi connectivity index (χ1n) is 5.29. The number of hydrogen-bond acceptors (Lipinski definition) is 4. The van der Waals surface area contributed by atoms with E-state index in [1.807, 2.05) is 0 Å². The van der Waals surface area contributed by atoms with E-state index in [1.165, 1.54) is 24.3 Å². The van der Waals surface area contributed by atoms with Gasteiger partial charge in [-0.3, -0.25) is 10.1 Å². The van der Waals surface area contributed by atoms with Crippen molar-refractivity contribution in [2.45, 2.75) is 11.2 Å². The number of hydrogen-bond donors (Lipinski definition) is 0. The fourth-order valence-electron chi connectivity index (χ4n) is 1.55. The van der Waals surface area contributed by atoms with Crippen LogP contribution >= 0.6 is 11.8 Å². The molecular formula is C11H8F3N3O2S. The Hall–Kier alpha value is -2.03. The summed E-state index contributed by atoms with van der Waals surface area (Å²) >= 11 is 1.10. The standard InChI is InChI=1S/C11H8F3N3O2S/c1-20-10-6-9(11(12,13)14)15-16(10)7-2-4-8(5-3-7)17(18)19/h2-6H,1H3. The number of non-ortho nitro benzene ring substituents is 1. The van der Waals surface area contributed by atoms with Crippen LogP contribution in [0.3, 0.4) is 0 Å². The normalized spacial score (nSPS) is 11.6. The maximum Gasteiger partial charge on any atom is 0.435 e. The van der Waals surface area contributed by atoms with Crippen LogP contribution < -0.4 is 0 Å². The maximum absolute atomic E-state index is 12.6. The van der Waals surface area contributed by atoms with Gasteiger partial charge in [0, 0.05) is 18.2 Å². The predicted octanol–water partition coefficient (Wildman–Crippen LogP) is 3.52. The minimum atomic E-state index is -4.53. The monoisotopic (exact) mass is 303 g/mol.